The summed E-state index contributed by atoms with van der Waals surface area (Å²) >= 11 is 2.12. The lowest BCUT2D eigenvalue weighted by Crippen LogP contribution is -2.17. The Hall–Kier alpha value is -2.09. The van der Waals surface area contributed by atoms with Gasteiger partial charge in [0.25, 0.3) is 5.91 Å². The molecule has 0 atom stereocenters. The van der Waals surface area contributed by atoms with Crippen LogP contribution in [0.15, 0.2) is 47.6 Å². The third-order valence-corrected chi connectivity index (χ3v) is 3.77. The number of para-hydroxylation sites is 1. The van der Waals surface area contributed by atoms with Crippen molar-refractivity contribution >= 4 is 34.7 Å². The second-order valence-electron chi connectivity index (χ2n) is 4.29. The van der Waals surface area contributed by atoms with Crippen molar-refractivity contribution < 1.29 is 14.3 Å². The van der Waals surface area contributed by atoms with Gasteiger partial charge >= 0.3 is 0 Å². The van der Waals surface area contributed by atoms with Gasteiger partial charge in [0.05, 0.1) is 24.0 Å². The second kappa shape index (κ2) is 7.79. The second-order valence-corrected chi connectivity index (χ2v) is 5.45. The van der Waals surface area contributed by atoms with Crippen LogP contribution >= 0.6 is 22.6 Å². The number of benzene rings is 2. The number of methoxy groups -OCH3 is 2. The molecule has 0 saturated carbocycles. The van der Waals surface area contributed by atoms with Gasteiger partial charge in [0, 0.05) is 11.1 Å². The van der Waals surface area contributed by atoms with Crippen LogP contribution in [0.2, 0.25) is 0 Å². The summed E-state index contributed by atoms with van der Waals surface area (Å²) in [6.45, 7) is 0. The van der Waals surface area contributed by atoms with Crippen molar-refractivity contribution in [1.29, 1.82) is 0 Å². The van der Waals surface area contributed by atoms with Crippen LogP contribution in [0, 0.1) is 3.57 Å². The van der Waals surface area contributed by atoms with Gasteiger partial charge < -0.3 is 9.47 Å². The summed E-state index contributed by atoms with van der Waals surface area (Å²) in [5, 5.41) is 3.96. The third kappa shape index (κ3) is 3.97. The first-order valence-corrected chi connectivity index (χ1v) is 7.53. The van der Waals surface area contributed by atoms with Crippen molar-refractivity contribution in [3.8, 4) is 11.5 Å². The number of carbonyl (C=O) groups is 1. The highest BCUT2D eigenvalue weighted by Crippen LogP contribution is 2.21. The molecule has 0 aromatic heterocycles. The van der Waals surface area contributed by atoms with E-state index in [1.54, 1.807) is 38.6 Å². The highest BCUT2D eigenvalue weighted by atomic mass is 127. The summed E-state index contributed by atoms with van der Waals surface area (Å²) in [5.41, 5.74) is 3.80. The van der Waals surface area contributed by atoms with E-state index in [1.165, 1.54) is 0 Å². The first kappa shape index (κ1) is 16.3. The summed E-state index contributed by atoms with van der Waals surface area (Å²) < 4.78 is 11.2. The van der Waals surface area contributed by atoms with E-state index < -0.39 is 0 Å². The molecule has 0 unspecified atom stereocenters. The normalized spacial score (nSPS) is 10.5. The molecular formula is C16H15IN2O3. The number of nitrogens with one attached hydrogen (secondary N) is 1. The summed E-state index contributed by atoms with van der Waals surface area (Å²) in [6.07, 6.45) is 1.55. The Morgan fingerprint density at radius 2 is 1.86 bits per heavy atom. The molecule has 0 fully saturated rings. The molecular weight excluding hydrogens is 395 g/mol. The molecule has 0 spiro atoms. The third-order valence-electron chi connectivity index (χ3n) is 2.92. The van der Waals surface area contributed by atoms with Crippen molar-refractivity contribution in [2.75, 3.05) is 14.2 Å². The molecule has 2 rings (SSSR count). The van der Waals surface area contributed by atoms with Crippen LogP contribution in [0.5, 0.6) is 11.5 Å². The van der Waals surface area contributed by atoms with Crippen LogP contribution in [-0.4, -0.2) is 26.3 Å². The maximum Gasteiger partial charge on any atom is 0.271 e. The molecule has 0 bridgehead atoms. The smallest absolute Gasteiger partial charge is 0.271 e. The summed E-state index contributed by atoms with van der Waals surface area (Å²) in [4.78, 5) is 12.0. The number of carbonyl (C=O) groups excluding carboxylic acids is 1. The van der Waals surface area contributed by atoms with E-state index in [-0.39, 0.29) is 5.91 Å². The average molecular weight is 410 g/mol. The maximum absolute atomic E-state index is 12.0. The summed E-state index contributed by atoms with van der Waals surface area (Å²) in [7, 11) is 3.18. The van der Waals surface area contributed by atoms with Crippen LogP contribution in [0.4, 0.5) is 0 Å². The number of hydrogen-bond donors (Lipinski definition) is 1. The van der Waals surface area contributed by atoms with Crippen LogP contribution < -0.4 is 14.9 Å². The van der Waals surface area contributed by atoms with Gasteiger partial charge in [-0.2, -0.15) is 5.10 Å². The number of halogens is 1. The molecule has 1 N–H and O–H groups in total. The van der Waals surface area contributed by atoms with Crippen LogP contribution in [0.3, 0.4) is 0 Å². The van der Waals surface area contributed by atoms with Gasteiger partial charge in [0.2, 0.25) is 0 Å². The number of amides is 1. The van der Waals surface area contributed by atoms with Gasteiger partial charge in [-0.15, -0.1) is 0 Å². The zero-order valence-electron chi connectivity index (χ0n) is 12.2. The van der Waals surface area contributed by atoms with Gasteiger partial charge in [-0.25, -0.2) is 5.43 Å². The Morgan fingerprint density at radius 1 is 1.14 bits per heavy atom. The molecule has 0 aliphatic carbocycles. The molecule has 0 radical (unpaired) electrons. The fourth-order valence-electron chi connectivity index (χ4n) is 1.81. The molecule has 2 aromatic rings. The van der Waals surface area contributed by atoms with E-state index in [9.17, 15) is 4.79 Å². The largest absolute Gasteiger partial charge is 0.496 e. The standard InChI is InChI=1S/C16H15IN2O3/c1-21-14-6-4-3-5-12(14)10-18-19-16(20)11-7-8-15(22-2)13(17)9-11/h3-10H,1-2H3,(H,19,20)/b18-10-. The Morgan fingerprint density at radius 3 is 2.55 bits per heavy atom. The molecule has 22 heavy (non-hydrogen) atoms. The summed E-state index contributed by atoms with van der Waals surface area (Å²) in [6, 6.07) is 12.6. The Bertz CT molecular complexity index is 702. The fraction of sp³-hybridized carbons (Fsp3) is 0.125. The van der Waals surface area contributed by atoms with E-state index >= 15 is 0 Å². The predicted octanol–water partition coefficient (Wildman–Crippen LogP) is 3.07. The minimum atomic E-state index is -0.285. The van der Waals surface area contributed by atoms with Gasteiger partial charge in [0.1, 0.15) is 11.5 Å². The van der Waals surface area contributed by atoms with E-state index in [0.717, 1.165) is 14.9 Å². The molecule has 2 aromatic carbocycles. The monoisotopic (exact) mass is 410 g/mol. The highest BCUT2D eigenvalue weighted by Gasteiger charge is 2.08. The van der Waals surface area contributed by atoms with Crippen LogP contribution in [-0.2, 0) is 0 Å². The topological polar surface area (TPSA) is 59.9 Å². The lowest BCUT2D eigenvalue weighted by atomic mass is 10.2. The van der Waals surface area contributed by atoms with Gasteiger partial charge in [-0.05, 0) is 52.9 Å². The van der Waals surface area contributed by atoms with Crippen molar-refractivity contribution in [2.45, 2.75) is 0 Å². The predicted molar refractivity (Wildman–Crippen MR) is 93.8 cm³/mol. The van der Waals surface area contributed by atoms with Gasteiger partial charge in [0.15, 0.2) is 0 Å². The summed E-state index contributed by atoms with van der Waals surface area (Å²) in [5.74, 6) is 1.14. The molecule has 1 amide bonds. The van der Waals surface area contributed by atoms with Gasteiger partial charge in [-0.1, -0.05) is 12.1 Å². The zero-order valence-corrected chi connectivity index (χ0v) is 14.3. The van der Waals surface area contributed by atoms with Crippen molar-refractivity contribution in [2.24, 2.45) is 5.10 Å². The van der Waals surface area contributed by atoms with Gasteiger partial charge in [-0.3, -0.25) is 4.79 Å². The Kier molecular flexibility index (Phi) is 5.76. The molecule has 0 saturated heterocycles. The zero-order chi connectivity index (χ0) is 15.9. The highest BCUT2D eigenvalue weighted by molar-refractivity contribution is 14.1. The van der Waals surface area contributed by atoms with Crippen molar-refractivity contribution in [3.05, 3.63) is 57.2 Å². The van der Waals surface area contributed by atoms with E-state index in [4.69, 9.17) is 9.47 Å². The molecule has 114 valence electrons. The van der Waals surface area contributed by atoms with E-state index in [2.05, 4.69) is 33.1 Å². The average Bonchev–Trinajstić information content (AvgIpc) is 2.55. The number of ether oxygens (including phenoxy) is 2. The van der Waals surface area contributed by atoms with E-state index in [0.29, 0.717) is 11.3 Å². The van der Waals surface area contributed by atoms with Crippen molar-refractivity contribution in [1.82, 2.24) is 5.43 Å². The number of rotatable bonds is 5. The Balaban J connectivity index is 2.06. The first-order chi connectivity index (χ1) is 10.7. The SMILES string of the molecule is COc1ccc(C(=O)N/N=C\c2ccccc2OC)cc1I. The Labute approximate surface area is 142 Å². The van der Waals surface area contributed by atoms with E-state index in [1.807, 2.05) is 24.3 Å². The fourth-order valence-corrected chi connectivity index (χ4v) is 2.54. The molecule has 0 heterocycles. The first-order valence-electron chi connectivity index (χ1n) is 6.45. The molecule has 5 nitrogen and oxygen atoms in total. The minimum absolute atomic E-state index is 0.285. The van der Waals surface area contributed by atoms with Crippen LogP contribution in [0.1, 0.15) is 15.9 Å². The quantitative estimate of drug-likeness (QED) is 0.468. The number of nitrogens with zero attached hydrogens (tertiary/aromatic N) is 1. The minimum Gasteiger partial charge on any atom is -0.496 e. The number of hydrogen-bond acceptors (Lipinski definition) is 4. The van der Waals surface area contributed by atoms with Crippen LogP contribution in [0.25, 0.3) is 0 Å². The lowest BCUT2D eigenvalue weighted by Gasteiger charge is -2.05. The molecule has 0 aliphatic heterocycles. The van der Waals surface area contributed by atoms with Crippen molar-refractivity contribution in [3.63, 3.8) is 0 Å². The maximum atomic E-state index is 12.0. The molecule has 0 aliphatic rings. The number of hydrazone groups is 1. The molecule has 6 heteroatoms. The lowest BCUT2D eigenvalue weighted by molar-refractivity contribution is 0.0955.